The molecular formula is C14H23N. The number of hydrogen-bond donors (Lipinski definition) is 1. The van der Waals surface area contributed by atoms with E-state index in [-0.39, 0.29) is 0 Å². The maximum atomic E-state index is 5.83. The fraction of sp³-hybridized carbons (Fsp3) is 0.571. The van der Waals surface area contributed by atoms with Crippen LogP contribution >= 0.6 is 0 Å². The highest BCUT2D eigenvalue weighted by atomic mass is 14.7. The van der Waals surface area contributed by atoms with Crippen LogP contribution in [0.5, 0.6) is 0 Å². The predicted octanol–water partition coefficient (Wildman–Crippen LogP) is 3.26. The van der Waals surface area contributed by atoms with Crippen LogP contribution in [-0.2, 0) is 5.41 Å². The predicted molar refractivity (Wildman–Crippen MR) is 67.0 cm³/mol. The Hall–Kier alpha value is -0.820. The minimum absolute atomic E-state index is 0.313. The average Bonchev–Trinajstić information content (AvgIpc) is 2.95. The van der Waals surface area contributed by atoms with Crippen LogP contribution in [0.25, 0.3) is 0 Å². The number of rotatable bonds is 2. The minimum atomic E-state index is 0.313. The Bertz CT molecular complexity index is 298. The lowest BCUT2D eigenvalue weighted by molar-refractivity contribution is 0.641. The first-order valence-electron chi connectivity index (χ1n) is 5.96. The van der Waals surface area contributed by atoms with Crippen LogP contribution in [0.1, 0.15) is 38.3 Å². The van der Waals surface area contributed by atoms with E-state index in [1.165, 1.54) is 17.5 Å². The average molecular weight is 205 g/mol. The van der Waals surface area contributed by atoms with Crippen LogP contribution in [0, 0.1) is 12.8 Å². The quantitative estimate of drug-likeness (QED) is 0.788. The number of aryl methyl sites for hydroxylation is 1. The molecule has 1 fully saturated rings. The first kappa shape index (κ1) is 12.3. The van der Waals surface area contributed by atoms with Crippen molar-refractivity contribution in [3.63, 3.8) is 0 Å². The summed E-state index contributed by atoms with van der Waals surface area (Å²) in [5, 5.41) is 0. The first-order chi connectivity index (χ1) is 7.19. The molecule has 2 unspecified atom stereocenters. The van der Waals surface area contributed by atoms with Gasteiger partial charge in [0.05, 0.1) is 0 Å². The van der Waals surface area contributed by atoms with Crippen LogP contribution in [0.2, 0.25) is 0 Å². The Balaban J connectivity index is 0.000000531. The lowest BCUT2D eigenvalue weighted by Crippen LogP contribution is -2.21. The molecule has 0 amide bonds. The van der Waals surface area contributed by atoms with Crippen LogP contribution in [0.3, 0.4) is 0 Å². The third-order valence-corrected chi connectivity index (χ3v) is 3.44. The second kappa shape index (κ2) is 4.80. The van der Waals surface area contributed by atoms with E-state index in [4.69, 9.17) is 5.73 Å². The van der Waals surface area contributed by atoms with E-state index in [9.17, 15) is 0 Å². The second-order valence-electron chi connectivity index (χ2n) is 4.33. The molecule has 0 saturated heterocycles. The highest BCUT2D eigenvalue weighted by Gasteiger charge is 2.50. The first-order valence-corrected chi connectivity index (χ1v) is 5.96. The second-order valence-corrected chi connectivity index (χ2v) is 4.33. The van der Waals surface area contributed by atoms with E-state index in [2.05, 4.69) is 38.1 Å². The van der Waals surface area contributed by atoms with Crippen LogP contribution in [-0.4, -0.2) is 6.54 Å². The third kappa shape index (κ3) is 2.23. The van der Waals surface area contributed by atoms with Gasteiger partial charge in [-0.2, -0.15) is 0 Å². The number of hydrogen-bond acceptors (Lipinski definition) is 1. The Kier molecular flexibility index (Phi) is 3.92. The molecule has 1 aromatic carbocycles. The molecule has 0 spiro atoms. The van der Waals surface area contributed by atoms with Crippen molar-refractivity contribution in [3.05, 3.63) is 35.4 Å². The van der Waals surface area contributed by atoms with Crippen molar-refractivity contribution in [1.82, 2.24) is 0 Å². The largest absolute Gasteiger partial charge is 0.330 e. The molecular weight excluding hydrogens is 182 g/mol. The molecule has 2 N–H and O–H groups in total. The Morgan fingerprint density at radius 3 is 2.07 bits per heavy atom. The van der Waals surface area contributed by atoms with Gasteiger partial charge < -0.3 is 5.73 Å². The normalized spacial score (nSPS) is 27.9. The maximum Gasteiger partial charge on any atom is 0.0104 e. The molecule has 1 aromatic rings. The summed E-state index contributed by atoms with van der Waals surface area (Å²) < 4.78 is 0. The Labute approximate surface area is 93.7 Å². The standard InChI is InChI=1S/C12H17N.C2H6/c1-9-3-5-11(6-4-9)12(8-13)7-10(12)2;1-2/h3-6,10H,7-8,13H2,1-2H3;1-2H3. The van der Waals surface area contributed by atoms with Gasteiger partial charge in [-0.05, 0) is 24.8 Å². The summed E-state index contributed by atoms with van der Waals surface area (Å²) in [7, 11) is 0. The zero-order valence-electron chi connectivity index (χ0n) is 10.4. The summed E-state index contributed by atoms with van der Waals surface area (Å²) in [5.41, 5.74) is 8.89. The van der Waals surface area contributed by atoms with Crippen molar-refractivity contribution in [3.8, 4) is 0 Å². The highest BCUT2D eigenvalue weighted by Crippen LogP contribution is 2.53. The molecule has 1 aliphatic rings. The summed E-state index contributed by atoms with van der Waals surface area (Å²) in [6.07, 6.45) is 1.26. The summed E-state index contributed by atoms with van der Waals surface area (Å²) in [5.74, 6) is 0.764. The van der Waals surface area contributed by atoms with Gasteiger partial charge in [-0.3, -0.25) is 0 Å². The lowest BCUT2D eigenvalue weighted by Gasteiger charge is -2.14. The van der Waals surface area contributed by atoms with Crippen molar-refractivity contribution in [2.45, 2.75) is 39.5 Å². The molecule has 1 nitrogen and oxygen atoms in total. The summed E-state index contributed by atoms with van der Waals surface area (Å²) >= 11 is 0. The molecule has 2 rings (SSSR count). The van der Waals surface area contributed by atoms with Gasteiger partial charge in [0.25, 0.3) is 0 Å². The molecule has 15 heavy (non-hydrogen) atoms. The molecule has 0 bridgehead atoms. The van der Waals surface area contributed by atoms with Gasteiger partial charge in [-0.1, -0.05) is 50.6 Å². The Morgan fingerprint density at radius 1 is 1.27 bits per heavy atom. The zero-order valence-corrected chi connectivity index (χ0v) is 10.4. The number of benzene rings is 1. The molecule has 0 aromatic heterocycles. The summed E-state index contributed by atoms with van der Waals surface area (Å²) in [4.78, 5) is 0. The summed E-state index contributed by atoms with van der Waals surface area (Å²) in [6, 6.07) is 8.81. The van der Waals surface area contributed by atoms with Gasteiger partial charge in [-0.15, -0.1) is 0 Å². The zero-order chi connectivity index (χ0) is 11.5. The van der Waals surface area contributed by atoms with Crippen LogP contribution in [0.15, 0.2) is 24.3 Å². The fourth-order valence-electron chi connectivity index (χ4n) is 2.18. The van der Waals surface area contributed by atoms with Gasteiger partial charge >= 0.3 is 0 Å². The Morgan fingerprint density at radius 2 is 1.73 bits per heavy atom. The summed E-state index contributed by atoms with van der Waals surface area (Å²) in [6.45, 7) is 9.19. The van der Waals surface area contributed by atoms with Gasteiger partial charge in [0.2, 0.25) is 0 Å². The topological polar surface area (TPSA) is 26.0 Å². The SMILES string of the molecule is CC.Cc1ccc(C2(CN)CC2C)cc1. The van der Waals surface area contributed by atoms with Gasteiger partial charge in [0.1, 0.15) is 0 Å². The van der Waals surface area contributed by atoms with Crippen LogP contribution in [0.4, 0.5) is 0 Å². The van der Waals surface area contributed by atoms with Crippen molar-refractivity contribution < 1.29 is 0 Å². The van der Waals surface area contributed by atoms with E-state index < -0.39 is 0 Å². The van der Waals surface area contributed by atoms with Gasteiger partial charge in [0.15, 0.2) is 0 Å². The van der Waals surface area contributed by atoms with Gasteiger partial charge in [-0.25, -0.2) is 0 Å². The van der Waals surface area contributed by atoms with Crippen molar-refractivity contribution in [1.29, 1.82) is 0 Å². The van der Waals surface area contributed by atoms with Crippen molar-refractivity contribution >= 4 is 0 Å². The maximum absolute atomic E-state index is 5.83. The van der Waals surface area contributed by atoms with E-state index in [0.29, 0.717) is 5.41 Å². The monoisotopic (exact) mass is 205 g/mol. The minimum Gasteiger partial charge on any atom is -0.330 e. The van der Waals surface area contributed by atoms with Gasteiger partial charge in [0, 0.05) is 12.0 Å². The van der Waals surface area contributed by atoms with E-state index >= 15 is 0 Å². The molecule has 1 saturated carbocycles. The third-order valence-electron chi connectivity index (χ3n) is 3.44. The molecule has 1 aliphatic carbocycles. The van der Waals surface area contributed by atoms with E-state index in [0.717, 1.165) is 12.5 Å². The smallest absolute Gasteiger partial charge is 0.0104 e. The number of nitrogens with two attached hydrogens (primary N) is 1. The highest BCUT2D eigenvalue weighted by molar-refractivity contribution is 5.35. The van der Waals surface area contributed by atoms with E-state index in [1.807, 2.05) is 13.8 Å². The molecule has 84 valence electrons. The van der Waals surface area contributed by atoms with Crippen LogP contribution < -0.4 is 5.73 Å². The molecule has 0 heterocycles. The van der Waals surface area contributed by atoms with Crippen molar-refractivity contribution in [2.24, 2.45) is 11.7 Å². The van der Waals surface area contributed by atoms with Crippen molar-refractivity contribution in [2.75, 3.05) is 6.54 Å². The molecule has 0 aliphatic heterocycles. The molecule has 1 heteroatoms. The lowest BCUT2D eigenvalue weighted by atomic mass is 9.93. The molecule has 0 radical (unpaired) electrons. The fourth-order valence-corrected chi connectivity index (χ4v) is 2.18. The van der Waals surface area contributed by atoms with E-state index in [1.54, 1.807) is 0 Å². The molecule has 2 atom stereocenters.